The van der Waals surface area contributed by atoms with Crippen molar-refractivity contribution in [3.8, 4) is 5.75 Å². The van der Waals surface area contributed by atoms with Crippen LogP contribution >= 0.6 is 24.0 Å². The predicted molar refractivity (Wildman–Crippen MR) is 86.2 cm³/mol. The Balaban J connectivity index is 1.66. The van der Waals surface area contributed by atoms with E-state index >= 15 is 0 Å². The fraction of sp³-hybridized carbons (Fsp3) is 0.500. The minimum absolute atomic E-state index is 0.425. The lowest BCUT2D eigenvalue weighted by atomic mass is 10.2. The van der Waals surface area contributed by atoms with E-state index in [2.05, 4.69) is 4.90 Å². The van der Waals surface area contributed by atoms with Gasteiger partial charge in [0.1, 0.15) is 10.7 Å². The molecule has 1 aliphatic heterocycles. The second kappa shape index (κ2) is 7.72. The summed E-state index contributed by atoms with van der Waals surface area (Å²) in [6, 6.07) is 7.65. The highest BCUT2D eigenvalue weighted by atomic mass is 32.2. The molecule has 2 rings (SSSR count). The normalized spacial score (nSPS) is 16.2. The van der Waals surface area contributed by atoms with Gasteiger partial charge >= 0.3 is 0 Å². The topological polar surface area (TPSA) is 38.5 Å². The maximum absolute atomic E-state index is 5.72. The number of thiocarbonyl (C=S) groups is 1. The SMILES string of the molecule is NC(=S)c1ccc(OCCCN2CCSCC2)cc1. The van der Waals surface area contributed by atoms with Crippen molar-refractivity contribution in [1.29, 1.82) is 0 Å². The van der Waals surface area contributed by atoms with Crippen LogP contribution in [0.4, 0.5) is 0 Å². The molecule has 1 fully saturated rings. The van der Waals surface area contributed by atoms with E-state index < -0.39 is 0 Å². The molecule has 0 spiro atoms. The van der Waals surface area contributed by atoms with Crippen molar-refractivity contribution in [3.05, 3.63) is 29.8 Å². The summed E-state index contributed by atoms with van der Waals surface area (Å²) in [4.78, 5) is 2.94. The molecular formula is C14H20N2OS2. The average Bonchev–Trinajstić information content (AvgIpc) is 2.45. The molecule has 0 atom stereocenters. The lowest BCUT2D eigenvalue weighted by Gasteiger charge is -2.25. The number of hydrogen-bond acceptors (Lipinski definition) is 4. The number of hydrogen-bond donors (Lipinski definition) is 1. The summed E-state index contributed by atoms with van der Waals surface area (Å²) in [6.45, 7) is 4.32. The first kappa shape index (κ1) is 14.6. The van der Waals surface area contributed by atoms with Crippen LogP contribution < -0.4 is 10.5 Å². The standard InChI is InChI=1S/C14H20N2OS2/c15-14(18)12-2-4-13(5-3-12)17-9-1-6-16-7-10-19-11-8-16/h2-5H,1,6-11H2,(H2,15,18). The zero-order valence-corrected chi connectivity index (χ0v) is 12.6. The third-order valence-corrected chi connectivity index (χ3v) is 4.31. The largest absolute Gasteiger partial charge is 0.494 e. The van der Waals surface area contributed by atoms with Gasteiger partial charge in [0.05, 0.1) is 6.61 Å². The molecule has 0 saturated carbocycles. The second-order valence-corrected chi connectivity index (χ2v) is 6.21. The van der Waals surface area contributed by atoms with Crippen molar-refractivity contribution < 1.29 is 4.74 Å². The molecule has 1 aliphatic rings. The first-order valence-corrected chi connectivity index (χ1v) is 8.15. The van der Waals surface area contributed by atoms with Gasteiger partial charge in [-0.15, -0.1) is 0 Å². The average molecular weight is 296 g/mol. The van der Waals surface area contributed by atoms with Gasteiger partial charge in [-0.1, -0.05) is 12.2 Å². The Morgan fingerprint density at radius 1 is 1.26 bits per heavy atom. The van der Waals surface area contributed by atoms with Crippen molar-refractivity contribution in [3.63, 3.8) is 0 Å². The fourth-order valence-corrected chi connectivity index (χ4v) is 3.13. The third kappa shape index (κ3) is 5.01. The molecule has 3 nitrogen and oxygen atoms in total. The molecule has 0 radical (unpaired) electrons. The highest BCUT2D eigenvalue weighted by molar-refractivity contribution is 7.99. The van der Waals surface area contributed by atoms with Crippen molar-refractivity contribution in [2.45, 2.75) is 6.42 Å². The molecule has 1 aromatic carbocycles. The Labute approximate surface area is 124 Å². The molecule has 5 heteroatoms. The van der Waals surface area contributed by atoms with Crippen molar-refractivity contribution in [1.82, 2.24) is 4.90 Å². The number of thioether (sulfide) groups is 1. The second-order valence-electron chi connectivity index (χ2n) is 4.54. The highest BCUT2D eigenvalue weighted by Gasteiger charge is 2.09. The Bertz CT molecular complexity index is 402. The van der Waals surface area contributed by atoms with Gasteiger partial charge in [-0.05, 0) is 30.7 Å². The summed E-state index contributed by atoms with van der Waals surface area (Å²) in [5, 5.41) is 0. The van der Waals surface area contributed by atoms with Crippen LogP contribution in [0, 0.1) is 0 Å². The molecule has 19 heavy (non-hydrogen) atoms. The molecule has 0 aromatic heterocycles. The van der Waals surface area contributed by atoms with Crippen molar-refractivity contribution in [2.24, 2.45) is 5.73 Å². The summed E-state index contributed by atoms with van der Waals surface area (Å²) in [5.41, 5.74) is 6.43. The van der Waals surface area contributed by atoms with Crippen LogP contribution in [-0.4, -0.2) is 47.6 Å². The van der Waals surface area contributed by atoms with Crippen LogP contribution in [0.15, 0.2) is 24.3 Å². The van der Waals surface area contributed by atoms with Gasteiger partial charge in [-0.3, -0.25) is 0 Å². The maximum atomic E-state index is 5.72. The van der Waals surface area contributed by atoms with E-state index in [0.717, 1.165) is 30.9 Å². The van der Waals surface area contributed by atoms with E-state index in [1.165, 1.54) is 24.6 Å². The lowest BCUT2D eigenvalue weighted by Crippen LogP contribution is -2.33. The van der Waals surface area contributed by atoms with Gasteiger partial charge in [0.15, 0.2) is 0 Å². The van der Waals surface area contributed by atoms with Gasteiger partial charge < -0.3 is 15.4 Å². The Morgan fingerprint density at radius 2 is 1.95 bits per heavy atom. The summed E-state index contributed by atoms with van der Waals surface area (Å²) >= 11 is 6.96. The fourth-order valence-electron chi connectivity index (χ4n) is 2.02. The smallest absolute Gasteiger partial charge is 0.119 e. The van der Waals surface area contributed by atoms with Crippen molar-refractivity contribution in [2.75, 3.05) is 37.7 Å². The van der Waals surface area contributed by atoms with Crippen molar-refractivity contribution >= 4 is 29.0 Å². The van der Waals surface area contributed by atoms with Gasteiger partial charge in [0, 0.05) is 36.7 Å². The summed E-state index contributed by atoms with van der Waals surface area (Å²) in [7, 11) is 0. The zero-order valence-electron chi connectivity index (χ0n) is 11.0. The van der Waals surface area contributed by atoms with Crippen LogP contribution in [0.5, 0.6) is 5.75 Å². The van der Waals surface area contributed by atoms with E-state index in [1.54, 1.807) is 0 Å². The molecular weight excluding hydrogens is 276 g/mol. The summed E-state index contributed by atoms with van der Waals surface area (Å²) in [6.07, 6.45) is 1.07. The van der Waals surface area contributed by atoms with Gasteiger partial charge in [-0.2, -0.15) is 11.8 Å². The highest BCUT2D eigenvalue weighted by Crippen LogP contribution is 2.13. The van der Waals surface area contributed by atoms with Crippen LogP contribution in [0.25, 0.3) is 0 Å². The maximum Gasteiger partial charge on any atom is 0.119 e. The molecule has 1 aromatic rings. The van der Waals surface area contributed by atoms with E-state index in [0.29, 0.717) is 4.99 Å². The zero-order chi connectivity index (χ0) is 13.5. The molecule has 1 saturated heterocycles. The molecule has 0 aliphatic carbocycles. The van der Waals surface area contributed by atoms with Crippen LogP contribution in [0.3, 0.4) is 0 Å². The first-order chi connectivity index (χ1) is 9.25. The van der Waals surface area contributed by atoms with E-state index in [9.17, 15) is 0 Å². The Hall–Kier alpha value is -0.780. The summed E-state index contributed by atoms with van der Waals surface area (Å²) in [5.74, 6) is 3.41. The van der Waals surface area contributed by atoms with E-state index in [1.807, 2.05) is 36.0 Å². The monoisotopic (exact) mass is 296 g/mol. The first-order valence-electron chi connectivity index (χ1n) is 6.58. The molecule has 0 unspecified atom stereocenters. The Morgan fingerprint density at radius 3 is 2.58 bits per heavy atom. The van der Waals surface area contributed by atoms with Crippen LogP contribution in [-0.2, 0) is 0 Å². The van der Waals surface area contributed by atoms with Gasteiger partial charge in [0.25, 0.3) is 0 Å². The minimum Gasteiger partial charge on any atom is -0.494 e. The van der Waals surface area contributed by atoms with E-state index in [4.69, 9.17) is 22.7 Å². The quantitative estimate of drug-likeness (QED) is 0.643. The number of ether oxygens (including phenoxy) is 1. The molecule has 0 bridgehead atoms. The molecule has 0 amide bonds. The van der Waals surface area contributed by atoms with Gasteiger partial charge in [0.2, 0.25) is 0 Å². The van der Waals surface area contributed by atoms with Crippen LogP contribution in [0.2, 0.25) is 0 Å². The Kier molecular flexibility index (Phi) is 5.94. The number of nitrogens with two attached hydrogens (primary N) is 1. The molecule has 2 N–H and O–H groups in total. The number of nitrogens with zero attached hydrogens (tertiary/aromatic N) is 1. The predicted octanol–water partition coefficient (Wildman–Crippen LogP) is 2.14. The minimum atomic E-state index is 0.425. The molecule has 104 valence electrons. The van der Waals surface area contributed by atoms with E-state index in [-0.39, 0.29) is 0 Å². The third-order valence-electron chi connectivity index (χ3n) is 3.13. The summed E-state index contributed by atoms with van der Waals surface area (Å²) < 4.78 is 5.72. The van der Waals surface area contributed by atoms with Crippen LogP contribution in [0.1, 0.15) is 12.0 Å². The number of benzene rings is 1. The van der Waals surface area contributed by atoms with Gasteiger partial charge in [-0.25, -0.2) is 0 Å². The lowest BCUT2D eigenvalue weighted by molar-refractivity contribution is 0.248. The molecule has 1 heterocycles. The number of rotatable bonds is 6.